The van der Waals surface area contributed by atoms with E-state index in [2.05, 4.69) is 15.4 Å². The Morgan fingerprint density at radius 3 is 3.56 bits per heavy atom. The fourth-order valence-electron chi connectivity index (χ4n) is 0.835. The molecule has 3 heteroatoms. The van der Waals surface area contributed by atoms with Crippen LogP contribution in [0.4, 0.5) is 0 Å². The molecule has 2 heterocycles. The minimum absolute atomic E-state index is 1.03. The van der Waals surface area contributed by atoms with Crippen LogP contribution in [0.3, 0.4) is 0 Å². The first kappa shape index (κ1) is 5.11. The normalized spacial score (nSPS) is 15.6. The van der Waals surface area contributed by atoms with Gasteiger partial charge in [-0.25, -0.2) is 4.98 Å². The van der Waals surface area contributed by atoms with Crippen molar-refractivity contribution in [1.82, 2.24) is 9.97 Å². The minimum atomic E-state index is 1.03. The lowest BCUT2D eigenvalue weighted by Crippen LogP contribution is -1.86. The van der Waals surface area contributed by atoms with Crippen molar-refractivity contribution in [2.24, 2.45) is 0 Å². The molecule has 0 amide bonds. The van der Waals surface area contributed by atoms with E-state index in [9.17, 15) is 0 Å². The van der Waals surface area contributed by atoms with Crippen LogP contribution in [0.25, 0.3) is 6.08 Å². The van der Waals surface area contributed by atoms with Gasteiger partial charge in [0.05, 0.1) is 17.7 Å². The number of H-pyrrole nitrogens is 1. The van der Waals surface area contributed by atoms with E-state index in [0.717, 1.165) is 11.4 Å². The van der Waals surface area contributed by atoms with Gasteiger partial charge in [-0.3, -0.25) is 0 Å². The van der Waals surface area contributed by atoms with Crippen molar-refractivity contribution in [1.29, 1.82) is 0 Å². The topological polar surface area (TPSA) is 28.7 Å². The Hall–Kier alpha value is -0.700. The molecule has 0 spiro atoms. The lowest BCUT2D eigenvalue weighted by Gasteiger charge is -1.99. The second kappa shape index (κ2) is 1.92. The van der Waals surface area contributed by atoms with Gasteiger partial charge in [-0.05, 0) is 11.5 Å². The van der Waals surface area contributed by atoms with Crippen LogP contribution in [0.2, 0.25) is 0 Å². The van der Waals surface area contributed by atoms with E-state index in [4.69, 9.17) is 0 Å². The molecule has 0 saturated heterocycles. The summed E-state index contributed by atoms with van der Waals surface area (Å²) in [5, 5.41) is 2.07. The summed E-state index contributed by atoms with van der Waals surface area (Å²) in [6.07, 6.45) is 3.76. The van der Waals surface area contributed by atoms with Gasteiger partial charge in [0.15, 0.2) is 0 Å². The van der Waals surface area contributed by atoms with Gasteiger partial charge in [-0.2, -0.15) is 0 Å². The largest absolute Gasteiger partial charge is 0.347 e. The molecule has 2 rings (SSSR count). The number of rotatable bonds is 0. The molecule has 1 aliphatic rings. The number of nitrogens with one attached hydrogen (secondary N) is 1. The van der Waals surface area contributed by atoms with Crippen LogP contribution < -0.4 is 0 Å². The number of fused-ring (bicyclic) bond motifs is 1. The zero-order valence-electron chi connectivity index (χ0n) is 4.79. The minimum Gasteiger partial charge on any atom is -0.347 e. The Kier molecular flexibility index (Phi) is 1.09. The van der Waals surface area contributed by atoms with E-state index in [0.29, 0.717) is 0 Å². The fraction of sp³-hybridized carbons (Fsp3) is 0.167. The number of nitrogens with zero attached hydrogens (tertiary/aromatic N) is 1. The summed E-state index contributed by atoms with van der Waals surface area (Å²) < 4.78 is 0. The Balaban J connectivity index is 2.53. The van der Waals surface area contributed by atoms with Crippen molar-refractivity contribution in [3.8, 4) is 0 Å². The molecule has 0 aliphatic carbocycles. The first-order valence-electron chi connectivity index (χ1n) is 2.77. The first-order valence-corrected chi connectivity index (χ1v) is 3.82. The van der Waals surface area contributed by atoms with E-state index in [-0.39, 0.29) is 0 Å². The predicted molar refractivity (Wildman–Crippen MR) is 38.9 cm³/mol. The Morgan fingerprint density at radius 1 is 1.67 bits per heavy atom. The maximum atomic E-state index is 4.10. The summed E-state index contributed by atoms with van der Waals surface area (Å²) in [4.78, 5) is 7.18. The molecule has 2 nitrogen and oxygen atoms in total. The molecular formula is C6H6N2S. The molecule has 9 heavy (non-hydrogen) atoms. The lowest BCUT2D eigenvalue weighted by atomic mass is 10.3. The first-order chi connectivity index (χ1) is 4.47. The summed E-state index contributed by atoms with van der Waals surface area (Å²) in [5.74, 6) is 1.03. The Bertz CT molecular complexity index is 239. The molecule has 0 aromatic carbocycles. The predicted octanol–water partition coefficient (Wildman–Crippen LogP) is 1.63. The third kappa shape index (κ3) is 0.772. The number of aromatic nitrogens is 2. The highest BCUT2D eigenvalue weighted by molar-refractivity contribution is 8.01. The zero-order valence-corrected chi connectivity index (χ0v) is 5.61. The molecule has 0 fully saturated rings. The molecule has 1 aromatic rings. The maximum Gasteiger partial charge on any atom is 0.0929 e. The van der Waals surface area contributed by atoms with Crippen molar-refractivity contribution in [3.05, 3.63) is 23.1 Å². The van der Waals surface area contributed by atoms with Gasteiger partial charge in [-0.15, -0.1) is 11.8 Å². The van der Waals surface area contributed by atoms with Crippen LogP contribution in [0, 0.1) is 0 Å². The third-order valence-corrected chi connectivity index (χ3v) is 2.09. The molecule has 0 unspecified atom stereocenters. The molecule has 0 atom stereocenters. The van der Waals surface area contributed by atoms with Crippen LogP contribution in [0.5, 0.6) is 0 Å². The number of imidazole rings is 1. The lowest BCUT2D eigenvalue weighted by molar-refractivity contribution is 1.23. The van der Waals surface area contributed by atoms with Gasteiger partial charge in [0.1, 0.15) is 0 Å². The van der Waals surface area contributed by atoms with Crippen molar-refractivity contribution in [2.75, 3.05) is 0 Å². The van der Waals surface area contributed by atoms with Gasteiger partial charge >= 0.3 is 0 Å². The number of hydrogen-bond acceptors (Lipinski definition) is 2. The molecule has 1 aromatic heterocycles. The molecule has 0 saturated carbocycles. The van der Waals surface area contributed by atoms with Crippen LogP contribution in [-0.2, 0) is 5.75 Å². The molecule has 0 radical (unpaired) electrons. The average Bonchev–Trinajstić information content (AvgIpc) is 2.33. The highest BCUT2D eigenvalue weighted by atomic mass is 32.2. The van der Waals surface area contributed by atoms with Crippen LogP contribution in [0.1, 0.15) is 11.4 Å². The summed E-state index contributed by atoms with van der Waals surface area (Å²) in [6.45, 7) is 0. The standard InChI is InChI=1S/C6H6N2S/c1-2-9-3-6-5(1)7-4-8-6/h1-2,4H,3H2,(H,7,8). The highest BCUT2D eigenvalue weighted by Crippen LogP contribution is 2.21. The summed E-state index contributed by atoms with van der Waals surface area (Å²) >= 11 is 1.79. The van der Waals surface area contributed by atoms with Gasteiger partial charge in [-0.1, -0.05) is 0 Å². The monoisotopic (exact) mass is 138 g/mol. The van der Waals surface area contributed by atoms with Gasteiger partial charge in [0, 0.05) is 5.75 Å². The zero-order chi connectivity index (χ0) is 6.10. The van der Waals surface area contributed by atoms with E-state index in [1.54, 1.807) is 18.1 Å². The third-order valence-electron chi connectivity index (χ3n) is 1.30. The summed E-state index contributed by atoms with van der Waals surface area (Å²) in [7, 11) is 0. The maximum absolute atomic E-state index is 4.10. The Labute approximate surface area is 57.4 Å². The van der Waals surface area contributed by atoms with E-state index in [1.807, 2.05) is 6.08 Å². The second-order valence-corrected chi connectivity index (χ2v) is 2.77. The van der Waals surface area contributed by atoms with Gasteiger partial charge in [0.2, 0.25) is 0 Å². The van der Waals surface area contributed by atoms with Crippen molar-refractivity contribution >= 4 is 17.8 Å². The molecule has 0 bridgehead atoms. The second-order valence-electron chi connectivity index (χ2n) is 1.88. The number of thioether (sulfide) groups is 1. The molecule has 1 N–H and O–H groups in total. The van der Waals surface area contributed by atoms with Crippen LogP contribution in [0.15, 0.2) is 11.7 Å². The number of hydrogen-bond donors (Lipinski definition) is 1. The van der Waals surface area contributed by atoms with E-state index < -0.39 is 0 Å². The molecular weight excluding hydrogens is 132 g/mol. The highest BCUT2D eigenvalue weighted by Gasteiger charge is 2.04. The van der Waals surface area contributed by atoms with Crippen molar-refractivity contribution in [3.63, 3.8) is 0 Å². The fourth-order valence-corrected chi connectivity index (χ4v) is 1.55. The molecule has 1 aliphatic heterocycles. The molecule has 46 valence electrons. The quantitative estimate of drug-likeness (QED) is 0.590. The van der Waals surface area contributed by atoms with E-state index >= 15 is 0 Å². The summed E-state index contributed by atoms with van der Waals surface area (Å²) in [6, 6.07) is 0. The van der Waals surface area contributed by atoms with Crippen molar-refractivity contribution < 1.29 is 0 Å². The number of aromatic amines is 1. The van der Waals surface area contributed by atoms with Crippen LogP contribution in [-0.4, -0.2) is 9.97 Å². The smallest absolute Gasteiger partial charge is 0.0929 e. The average molecular weight is 138 g/mol. The van der Waals surface area contributed by atoms with Crippen LogP contribution >= 0.6 is 11.8 Å². The SMILES string of the molecule is C1=Cc2nc[nH]c2CS1. The van der Waals surface area contributed by atoms with Gasteiger partial charge < -0.3 is 4.98 Å². The van der Waals surface area contributed by atoms with E-state index in [1.165, 1.54) is 5.69 Å². The van der Waals surface area contributed by atoms with Gasteiger partial charge in [0.25, 0.3) is 0 Å². The summed E-state index contributed by atoms with van der Waals surface area (Å²) in [5.41, 5.74) is 2.33. The Morgan fingerprint density at radius 2 is 2.67 bits per heavy atom. The van der Waals surface area contributed by atoms with Crippen molar-refractivity contribution in [2.45, 2.75) is 5.75 Å².